The predicted octanol–water partition coefficient (Wildman–Crippen LogP) is 3.94. The highest BCUT2D eigenvalue weighted by Crippen LogP contribution is 2.35. The van der Waals surface area contributed by atoms with Gasteiger partial charge in [0.2, 0.25) is 0 Å². The molecular formula is C28H30F4N6O6. The van der Waals surface area contributed by atoms with Crippen molar-refractivity contribution in [2.45, 2.75) is 39.1 Å². The molecule has 1 aromatic heterocycles. The summed E-state index contributed by atoms with van der Waals surface area (Å²) in [5.74, 6) is -4.47. The molecule has 2 aromatic carbocycles. The first-order valence-corrected chi connectivity index (χ1v) is 12.8. The Bertz CT molecular complexity index is 1450. The van der Waals surface area contributed by atoms with Crippen LogP contribution in [0.3, 0.4) is 0 Å². The number of amidine groups is 1. The van der Waals surface area contributed by atoms with Gasteiger partial charge in [0.1, 0.15) is 17.7 Å². The Labute approximate surface area is 249 Å². The molecule has 0 aliphatic rings. The summed E-state index contributed by atoms with van der Waals surface area (Å²) in [6.45, 7) is 5.66. The number of rotatable bonds is 10. The molecule has 3 rings (SSSR count). The van der Waals surface area contributed by atoms with Crippen molar-refractivity contribution in [3.8, 4) is 11.5 Å². The Kier molecular flexibility index (Phi) is 12.4. The summed E-state index contributed by atoms with van der Waals surface area (Å²) >= 11 is 0. The molecule has 12 nitrogen and oxygen atoms in total. The zero-order valence-electron chi connectivity index (χ0n) is 23.7. The molecule has 0 saturated heterocycles. The molecule has 0 spiro atoms. The largest absolute Gasteiger partial charge is 0.490 e. The third-order valence-electron chi connectivity index (χ3n) is 5.27. The van der Waals surface area contributed by atoms with E-state index in [4.69, 9.17) is 30.5 Å². The van der Waals surface area contributed by atoms with E-state index in [2.05, 4.69) is 21.2 Å². The molecule has 236 valence electrons. The molecule has 1 heterocycles. The van der Waals surface area contributed by atoms with Crippen LogP contribution < -0.4 is 31.4 Å². The third kappa shape index (κ3) is 10.5. The van der Waals surface area contributed by atoms with Crippen LogP contribution in [0.25, 0.3) is 0 Å². The number of hydrogen-bond acceptors (Lipinski definition) is 8. The summed E-state index contributed by atoms with van der Waals surface area (Å²) in [7, 11) is 0. The molecule has 44 heavy (non-hydrogen) atoms. The SMILES string of the molecule is CCOc1cc(C(Nc2ccc(C(=N)N)cc2)C(=O)NNC(=O)c2cccnc2)c(F)cc1OC(C)C.O=C(O)C(F)(F)F. The smallest absolute Gasteiger partial charge is 0.490 e. The van der Waals surface area contributed by atoms with E-state index in [-0.39, 0.29) is 41.2 Å². The zero-order chi connectivity index (χ0) is 33.0. The number of hydrogen-bond donors (Lipinski definition) is 6. The number of nitrogen functional groups attached to an aromatic ring is 1. The number of aromatic nitrogens is 1. The van der Waals surface area contributed by atoms with E-state index in [9.17, 15) is 22.8 Å². The summed E-state index contributed by atoms with van der Waals surface area (Å²) < 4.78 is 58.4. The number of benzene rings is 2. The second-order valence-corrected chi connectivity index (χ2v) is 8.98. The van der Waals surface area contributed by atoms with Gasteiger partial charge in [-0.05, 0) is 63.2 Å². The number of carboxylic acids is 1. The topological polar surface area (TPSA) is 189 Å². The highest BCUT2D eigenvalue weighted by Gasteiger charge is 2.38. The third-order valence-corrected chi connectivity index (χ3v) is 5.27. The predicted molar refractivity (Wildman–Crippen MR) is 151 cm³/mol. The monoisotopic (exact) mass is 622 g/mol. The van der Waals surface area contributed by atoms with E-state index in [0.29, 0.717) is 11.3 Å². The average molecular weight is 623 g/mol. The van der Waals surface area contributed by atoms with Crippen molar-refractivity contribution in [3.63, 3.8) is 0 Å². The van der Waals surface area contributed by atoms with Crippen LogP contribution in [0.1, 0.15) is 48.3 Å². The van der Waals surface area contributed by atoms with Gasteiger partial charge in [0, 0.05) is 35.3 Å². The number of anilines is 1. The normalized spacial score (nSPS) is 11.4. The van der Waals surface area contributed by atoms with E-state index < -0.39 is 35.8 Å². The number of carboxylic acid groups (broad SMARTS) is 1. The van der Waals surface area contributed by atoms with Gasteiger partial charge in [-0.15, -0.1) is 0 Å². The number of ether oxygens (including phenoxy) is 2. The molecular weight excluding hydrogens is 592 g/mol. The van der Waals surface area contributed by atoms with Crippen LogP contribution in [-0.4, -0.2) is 52.6 Å². The average Bonchev–Trinajstić information content (AvgIpc) is 2.96. The van der Waals surface area contributed by atoms with Gasteiger partial charge in [0.15, 0.2) is 11.5 Å². The van der Waals surface area contributed by atoms with Crippen LogP contribution in [0.4, 0.5) is 23.2 Å². The Morgan fingerprint density at radius 2 is 1.68 bits per heavy atom. The van der Waals surface area contributed by atoms with Crippen molar-refractivity contribution in [1.29, 1.82) is 5.41 Å². The quantitative estimate of drug-likeness (QED) is 0.0842. The van der Waals surface area contributed by atoms with Gasteiger partial charge in [0.05, 0.1) is 18.3 Å². The molecule has 0 bridgehead atoms. The molecule has 0 saturated carbocycles. The lowest BCUT2D eigenvalue weighted by atomic mass is 10.0. The standard InChI is InChI=1S/C26H29FN6O4.C2HF3O2/c1-4-36-21-12-19(20(27)13-22(21)37-15(2)3)23(31-18-9-7-16(8-10-18)24(28)29)26(35)33-32-25(34)17-6-5-11-30-14-17;3-2(4,5)1(6)7/h5-15,23,31H,4H2,1-3H3,(H3,28,29)(H,32,34)(H,33,35);(H,6,7). The number of nitrogens with two attached hydrogens (primary N) is 1. The Balaban J connectivity index is 0.000000860. The van der Waals surface area contributed by atoms with Crippen LogP contribution >= 0.6 is 0 Å². The number of hydrazine groups is 1. The summed E-state index contributed by atoms with van der Waals surface area (Å²) in [4.78, 5) is 38.4. The molecule has 2 amide bonds. The van der Waals surface area contributed by atoms with Gasteiger partial charge in [-0.25, -0.2) is 9.18 Å². The van der Waals surface area contributed by atoms with Crippen LogP contribution in [0, 0.1) is 11.2 Å². The molecule has 1 atom stereocenters. The first-order chi connectivity index (χ1) is 20.6. The van der Waals surface area contributed by atoms with Crippen LogP contribution in [0.15, 0.2) is 60.9 Å². The molecule has 0 aliphatic heterocycles. The first-order valence-electron chi connectivity index (χ1n) is 12.8. The first kappa shape index (κ1) is 34.8. The van der Waals surface area contributed by atoms with Crippen LogP contribution in [-0.2, 0) is 9.59 Å². The number of carbonyl (C=O) groups excluding carboxylic acids is 2. The lowest BCUT2D eigenvalue weighted by Crippen LogP contribution is -2.45. The fraction of sp³-hybridized carbons (Fsp3) is 0.250. The summed E-state index contributed by atoms with van der Waals surface area (Å²) in [6, 6.07) is 10.8. The minimum absolute atomic E-state index is 0.0386. The van der Waals surface area contributed by atoms with E-state index in [1.165, 1.54) is 24.5 Å². The van der Waals surface area contributed by atoms with E-state index in [1.54, 1.807) is 51.1 Å². The Morgan fingerprint density at radius 1 is 1.05 bits per heavy atom. The van der Waals surface area contributed by atoms with Crippen molar-refractivity contribution in [1.82, 2.24) is 15.8 Å². The summed E-state index contributed by atoms with van der Waals surface area (Å²) in [5, 5.41) is 17.6. The van der Waals surface area contributed by atoms with Gasteiger partial charge in [0.25, 0.3) is 11.8 Å². The van der Waals surface area contributed by atoms with Crippen molar-refractivity contribution >= 4 is 29.3 Å². The number of aliphatic carboxylic acids is 1. The van der Waals surface area contributed by atoms with Crippen molar-refractivity contribution in [2.24, 2.45) is 5.73 Å². The molecule has 0 fully saturated rings. The number of nitrogens with zero attached hydrogens (tertiary/aromatic N) is 1. The number of carbonyl (C=O) groups is 3. The number of pyridine rings is 1. The number of halogens is 4. The maximum absolute atomic E-state index is 15.4. The van der Waals surface area contributed by atoms with Crippen molar-refractivity contribution < 1.29 is 46.5 Å². The minimum Gasteiger partial charge on any atom is -0.490 e. The van der Waals surface area contributed by atoms with E-state index >= 15 is 4.39 Å². The molecule has 0 radical (unpaired) electrons. The minimum atomic E-state index is -5.08. The fourth-order valence-corrected chi connectivity index (χ4v) is 3.34. The highest BCUT2D eigenvalue weighted by atomic mass is 19.4. The second kappa shape index (κ2) is 15.7. The second-order valence-electron chi connectivity index (χ2n) is 8.98. The highest BCUT2D eigenvalue weighted by molar-refractivity contribution is 5.96. The van der Waals surface area contributed by atoms with Gasteiger partial charge in [-0.2, -0.15) is 13.2 Å². The zero-order valence-corrected chi connectivity index (χ0v) is 23.7. The number of alkyl halides is 3. The van der Waals surface area contributed by atoms with Crippen LogP contribution in [0.2, 0.25) is 0 Å². The van der Waals surface area contributed by atoms with Crippen LogP contribution in [0.5, 0.6) is 11.5 Å². The maximum atomic E-state index is 15.4. The van der Waals surface area contributed by atoms with Gasteiger partial charge < -0.3 is 25.6 Å². The lowest BCUT2D eigenvalue weighted by Gasteiger charge is -2.23. The summed E-state index contributed by atoms with van der Waals surface area (Å²) in [5.41, 5.74) is 11.3. The number of nitrogens with one attached hydrogen (secondary N) is 4. The van der Waals surface area contributed by atoms with Crippen molar-refractivity contribution in [2.75, 3.05) is 11.9 Å². The lowest BCUT2D eigenvalue weighted by molar-refractivity contribution is -0.192. The molecule has 3 aromatic rings. The van der Waals surface area contributed by atoms with E-state index in [1.807, 2.05) is 0 Å². The molecule has 16 heteroatoms. The Morgan fingerprint density at radius 3 is 2.18 bits per heavy atom. The van der Waals surface area contributed by atoms with Gasteiger partial charge in [-0.3, -0.25) is 30.8 Å². The van der Waals surface area contributed by atoms with Gasteiger partial charge >= 0.3 is 12.1 Å². The molecule has 1 unspecified atom stereocenters. The van der Waals surface area contributed by atoms with Crippen molar-refractivity contribution in [3.05, 3.63) is 83.4 Å². The summed E-state index contributed by atoms with van der Waals surface area (Å²) in [6.07, 6.45) is -2.46. The van der Waals surface area contributed by atoms with Gasteiger partial charge in [-0.1, -0.05) is 0 Å². The maximum Gasteiger partial charge on any atom is 0.490 e. The molecule has 7 N–H and O–H groups in total. The fourth-order valence-electron chi connectivity index (χ4n) is 3.34. The number of amides is 2. The molecule has 0 aliphatic carbocycles. The van der Waals surface area contributed by atoms with E-state index in [0.717, 1.165) is 6.07 Å². The Hall–Kier alpha value is -5.41.